The van der Waals surface area contributed by atoms with Gasteiger partial charge in [0.15, 0.2) is 6.20 Å². The van der Waals surface area contributed by atoms with Crippen LogP contribution in [0.4, 0.5) is 11.4 Å². The van der Waals surface area contributed by atoms with Crippen molar-refractivity contribution in [1.29, 1.82) is 0 Å². The van der Waals surface area contributed by atoms with E-state index in [1.807, 2.05) is 0 Å². The minimum atomic E-state index is 0.415. The number of aromatic nitrogens is 1. The molecule has 4 aromatic rings. The van der Waals surface area contributed by atoms with Gasteiger partial charge in [-0.2, -0.15) is 0 Å². The summed E-state index contributed by atoms with van der Waals surface area (Å²) in [6, 6.07) is 18.8. The Labute approximate surface area is 202 Å². The lowest BCUT2D eigenvalue weighted by atomic mass is 9.48. The van der Waals surface area contributed by atoms with Crippen molar-refractivity contribution in [2.75, 3.05) is 11.9 Å². The predicted octanol–water partition coefficient (Wildman–Crippen LogP) is 7.34. The molecule has 3 aromatic carbocycles. The van der Waals surface area contributed by atoms with E-state index in [2.05, 4.69) is 85.2 Å². The standard InChI is InChI=1S/C32H33N2/c1-19-26-7-5-4-6-23(26)14-27-29(19)31-30-24(8-9-33(31)2)13-25(15-28(30)34(27)3)32-16-20-10-21(17-32)12-22(11-20)18-32/h4-9,13-15,20-22H,10-12,16-18H2,1-3H3/q+1. The summed E-state index contributed by atoms with van der Waals surface area (Å²) in [5, 5.41) is 5.54. The monoisotopic (exact) mass is 445 g/mol. The fourth-order valence-electron chi connectivity index (χ4n) is 9.02. The molecule has 2 nitrogen and oxygen atoms in total. The minimum absolute atomic E-state index is 0.415. The third kappa shape index (κ3) is 2.39. The van der Waals surface area contributed by atoms with Crippen LogP contribution in [-0.4, -0.2) is 7.05 Å². The summed E-state index contributed by atoms with van der Waals surface area (Å²) >= 11 is 0. The number of fused-ring (bicyclic) bond motifs is 3. The fraction of sp³-hybridized carbons (Fsp3) is 0.406. The third-order valence-electron chi connectivity index (χ3n) is 10.1. The topological polar surface area (TPSA) is 7.12 Å². The van der Waals surface area contributed by atoms with E-state index in [0.717, 1.165) is 17.8 Å². The quantitative estimate of drug-likeness (QED) is 0.278. The Kier molecular flexibility index (Phi) is 3.67. The van der Waals surface area contributed by atoms with Crippen molar-refractivity contribution in [2.24, 2.45) is 24.8 Å². The molecule has 9 rings (SSSR count). The van der Waals surface area contributed by atoms with Gasteiger partial charge in [-0.05, 0) is 114 Å². The smallest absolute Gasteiger partial charge is 0.224 e. The van der Waals surface area contributed by atoms with Crippen molar-refractivity contribution in [3.63, 3.8) is 0 Å². The highest BCUT2D eigenvalue weighted by Crippen LogP contribution is 2.61. The van der Waals surface area contributed by atoms with Crippen molar-refractivity contribution >= 4 is 32.9 Å². The van der Waals surface area contributed by atoms with E-state index in [1.54, 1.807) is 5.56 Å². The van der Waals surface area contributed by atoms with Crippen LogP contribution in [-0.2, 0) is 12.5 Å². The molecule has 0 atom stereocenters. The average Bonchev–Trinajstić information content (AvgIpc) is 2.82. The van der Waals surface area contributed by atoms with Gasteiger partial charge in [-0.1, -0.05) is 24.3 Å². The average molecular weight is 446 g/mol. The van der Waals surface area contributed by atoms with Crippen molar-refractivity contribution in [2.45, 2.75) is 50.9 Å². The van der Waals surface area contributed by atoms with Crippen LogP contribution >= 0.6 is 0 Å². The lowest BCUT2D eigenvalue weighted by molar-refractivity contribution is -0.659. The first-order chi connectivity index (χ1) is 16.5. The third-order valence-corrected chi connectivity index (χ3v) is 10.1. The molecule has 4 saturated carbocycles. The van der Waals surface area contributed by atoms with E-state index in [-0.39, 0.29) is 0 Å². The van der Waals surface area contributed by atoms with Gasteiger partial charge in [0.25, 0.3) is 0 Å². The van der Waals surface area contributed by atoms with Gasteiger partial charge < -0.3 is 4.90 Å². The number of anilines is 2. The van der Waals surface area contributed by atoms with Crippen LogP contribution in [0, 0.1) is 24.7 Å². The molecular weight excluding hydrogens is 412 g/mol. The molecule has 5 aliphatic rings. The lowest BCUT2D eigenvalue weighted by Crippen LogP contribution is -2.48. The summed E-state index contributed by atoms with van der Waals surface area (Å²) in [7, 11) is 4.51. The summed E-state index contributed by atoms with van der Waals surface area (Å²) in [6.07, 6.45) is 11.0. The molecule has 0 spiro atoms. The number of benzene rings is 3. The molecule has 0 radical (unpaired) electrons. The van der Waals surface area contributed by atoms with Gasteiger partial charge in [-0.25, -0.2) is 4.57 Å². The van der Waals surface area contributed by atoms with Crippen LogP contribution in [0.25, 0.3) is 32.8 Å². The number of nitrogens with zero attached hydrogens (tertiary/aromatic N) is 2. The zero-order valence-corrected chi connectivity index (χ0v) is 20.6. The van der Waals surface area contributed by atoms with Crippen LogP contribution in [0.1, 0.15) is 49.7 Å². The molecule has 34 heavy (non-hydrogen) atoms. The van der Waals surface area contributed by atoms with Gasteiger partial charge in [0.1, 0.15) is 7.05 Å². The number of aryl methyl sites for hydroxylation is 2. The lowest BCUT2D eigenvalue weighted by Gasteiger charge is -2.57. The molecular formula is C32H33N2+. The maximum absolute atomic E-state index is 2.60. The van der Waals surface area contributed by atoms with E-state index < -0.39 is 0 Å². The molecule has 170 valence electrons. The normalized spacial score (nSPS) is 28.7. The summed E-state index contributed by atoms with van der Waals surface area (Å²) in [4.78, 5) is 2.49. The highest BCUT2D eigenvalue weighted by Gasteiger charge is 2.52. The summed E-state index contributed by atoms with van der Waals surface area (Å²) in [5.41, 5.74) is 8.94. The number of rotatable bonds is 1. The molecule has 2 heteroatoms. The van der Waals surface area contributed by atoms with Gasteiger partial charge >= 0.3 is 0 Å². The van der Waals surface area contributed by atoms with Crippen molar-refractivity contribution in [1.82, 2.24) is 0 Å². The maximum atomic E-state index is 2.60. The van der Waals surface area contributed by atoms with Crippen LogP contribution in [0.15, 0.2) is 54.7 Å². The van der Waals surface area contributed by atoms with Gasteiger partial charge in [-0.3, -0.25) is 0 Å². The Morgan fingerprint density at radius 3 is 2.29 bits per heavy atom. The van der Waals surface area contributed by atoms with Crippen LogP contribution < -0.4 is 9.47 Å². The molecule has 1 aromatic heterocycles. The number of hydrogen-bond acceptors (Lipinski definition) is 1. The van der Waals surface area contributed by atoms with Gasteiger partial charge in [0, 0.05) is 13.1 Å². The molecule has 4 aliphatic carbocycles. The van der Waals surface area contributed by atoms with E-state index in [4.69, 9.17) is 0 Å². The van der Waals surface area contributed by atoms with Crippen molar-refractivity contribution in [3.05, 3.63) is 65.9 Å². The Balaban J connectivity index is 1.42. The zero-order chi connectivity index (χ0) is 22.8. The largest absolute Gasteiger partial charge is 0.343 e. The zero-order valence-electron chi connectivity index (χ0n) is 20.6. The highest BCUT2D eigenvalue weighted by atomic mass is 15.1. The molecule has 1 aliphatic heterocycles. The SMILES string of the molecule is Cc1c2c(cc3ccccc13)N(C)c1cc(C34CC5CC(CC(C5)C3)C4)cc3cc[n+](C)c-2c13. The summed E-state index contributed by atoms with van der Waals surface area (Å²) in [6.45, 7) is 2.31. The second kappa shape index (κ2) is 6.42. The van der Waals surface area contributed by atoms with Gasteiger partial charge in [-0.15, -0.1) is 0 Å². The fourth-order valence-corrected chi connectivity index (χ4v) is 9.02. The van der Waals surface area contributed by atoms with Gasteiger partial charge in [0.05, 0.1) is 22.3 Å². The van der Waals surface area contributed by atoms with Crippen LogP contribution in [0.5, 0.6) is 0 Å². The highest BCUT2D eigenvalue weighted by molar-refractivity contribution is 6.13. The van der Waals surface area contributed by atoms with E-state index >= 15 is 0 Å². The molecule has 0 N–H and O–H groups in total. The maximum Gasteiger partial charge on any atom is 0.224 e. The molecule has 0 saturated heterocycles. The van der Waals surface area contributed by atoms with Gasteiger partial charge in [0.2, 0.25) is 5.69 Å². The Morgan fingerprint density at radius 2 is 1.56 bits per heavy atom. The molecule has 4 fully saturated rings. The number of pyridine rings is 1. The van der Waals surface area contributed by atoms with Crippen LogP contribution in [0.2, 0.25) is 0 Å². The first-order valence-corrected chi connectivity index (χ1v) is 13.2. The second-order valence-corrected chi connectivity index (χ2v) is 12.1. The molecule has 0 amide bonds. The minimum Gasteiger partial charge on any atom is -0.343 e. The Bertz CT molecular complexity index is 1490. The first-order valence-electron chi connectivity index (χ1n) is 13.2. The predicted molar refractivity (Wildman–Crippen MR) is 141 cm³/mol. The van der Waals surface area contributed by atoms with E-state index in [1.165, 1.54) is 88.3 Å². The van der Waals surface area contributed by atoms with E-state index in [0.29, 0.717) is 5.41 Å². The number of hydrogen-bond donors (Lipinski definition) is 0. The molecule has 0 unspecified atom stereocenters. The molecule has 4 bridgehead atoms. The summed E-state index contributed by atoms with van der Waals surface area (Å²) in [5.74, 6) is 2.90. The molecule has 2 heterocycles. The Morgan fingerprint density at radius 1 is 0.853 bits per heavy atom. The van der Waals surface area contributed by atoms with Crippen molar-refractivity contribution < 1.29 is 4.57 Å². The Hall–Kier alpha value is -2.87. The van der Waals surface area contributed by atoms with Crippen LogP contribution in [0.3, 0.4) is 0 Å². The second-order valence-electron chi connectivity index (χ2n) is 12.1. The van der Waals surface area contributed by atoms with E-state index in [9.17, 15) is 0 Å². The first kappa shape index (κ1) is 19.4. The van der Waals surface area contributed by atoms with Crippen molar-refractivity contribution in [3.8, 4) is 11.3 Å². The summed E-state index contributed by atoms with van der Waals surface area (Å²) < 4.78 is 2.35.